The first-order chi connectivity index (χ1) is 13.1. The number of benzene rings is 2. The van der Waals surface area contributed by atoms with Crippen molar-refractivity contribution in [1.82, 2.24) is 14.4 Å². The van der Waals surface area contributed by atoms with Crippen LogP contribution in [0.2, 0.25) is 0 Å². The molecule has 2 heterocycles. The van der Waals surface area contributed by atoms with Crippen molar-refractivity contribution in [3.8, 4) is 22.8 Å². The lowest BCUT2D eigenvalue weighted by Crippen LogP contribution is -1.99. The molecule has 4 aromatic rings. The number of ether oxygens (including phenoxy) is 1. The zero-order chi connectivity index (χ0) is 19.0. The minimum Gasteiger partial charge on any atom is -0.504 e. The molecule has 0 unspecified atom stereocenters. The van der Waals surface area contributed by atoms with Gasteiger partial charge in [0, 0.05) is 23.6 Å². The second-order valence-electron chi connectivity index (χ2n) is 6.44. The number of rotatable bonds is 4. The zero-order valence-corrected chi connectivity index (χ0v) is 15.4. The number of nitrogens with one attached hydrogen (secondary N) is 1. The molecule has 136 valence electrons. The van der Waals surface area contributed by atoms with Gasteiger partial charge in [0.2, 0.25) is 0 Å². The number of aromatic nitrogens is 3. The summed E-state index contributed by atoms with van der Waals surface area (Å²) < 4.78 is 7.21. The first kappa shape index (κ1) is 16.9. The molecule has 4 rings (SSSR count). The summed E-state index contributed by atoms with van der Waals surface area (Å²) >= 11 is 0. The van der Waals surface area contributed by atoms with Crippen LogP contribution in [0.15, 0.2) is 55.0 Å². The fourth-order valence-corrected chi connectivity index (χ4v) is 3.13. The van der Waals surface area contributed by atoms with Crippen LogP contribution >= 0.6 is 0 Å². The highest BCUT2D eigenvalue weighted by atomic mass is 16.5. The lowest BCUT2D eigenvalue weighted by molar-refractivity contribution is 0.373. The van der Waals surface area contributed by atoms with Crippen molar-refractivity contribution in [2.45, 2.75) is 13.8 Å². The highest BCUT2D eigenvalue weighted by molar-refractivity contribution is 5.81. The van der Waals surface area contributed by atoms with E-state index in [-0.39, 0.29) is 5.75 Å². The lowest BCUT2D eigenvalue weighted by atomic mass is 10.1. The quantitative estimate of drug-likeness (QED) is 0.562. The summed E-state index contributed by atoms with van der Waals surface area (Å²) in [5.41, 5.74) is 5.68. The molecule has 0 atom stereocenters. The fourth-order valence-electron chi connectivity index (χ4n) is 3.13. The van der Waals surface area contributed by atoms with E-state index in [0.717, 1.165) is 34.0 Å². The summed E-state index contributed by atoms with van der Waals surface area (Å²) in [6.45, 7) is 4.15. The van der Waals surface area contributed by atoms with E-state index in [1.807, 2.05) is 16.7 Å². The number of methoxy groups -OCH3 is 1. The Bertz CT molecular complexity index is 1130. The Kier molecular flexibility index (Phi) is 4.16. The average Bonchev–Trinajstić information content (AvgIpc) is 3.03. The summed E-state index contributed by atoms with van der Waals surface area (Å²) in [6.07, 6.45) is 5.31. The number of phenolic OH excluding ortho intramolecular Hbond substituents is 1. The number of aromatic hydroxyl groups is 1. The van der Waals surface area contributed by atoms with Gasteiger partial charge in [-0.2, -0.15) is 0 Å². The molecule has 0 aliphatic rings. The van der Waals surface area contributed by atoms with Crippen LogP contribution < -0.4 is 10.1 Å². The summed E-state index contributed by atoms with van der Waals surface area (Å²) in [6, 6.07) is 11.5. The number of imidazole rings is 1. The zero-order valence-electron chi connectivity index (χ0n) is 15.4. The van der Waals surface area contributed by atoms with Crippen molar-refractivity contribution in [3.05, 3.63) is 66.1 Å². The number of hydrogen-bond donors (Lipinski definition) is 2. The molecule has 2 aromatic heterocycles. The number of hydrogen-bond acceptors (Lipinski definition) is 5. The maximum absolute atomic E-state index is 9.91. The van der Waals surface area contributed by atoms with Crippen LogP contribution in [-0.2, 0) is 0 Å². The molecular formula is C21H20N4O2. The van der Waals surface area contributed by atoms with Crippen molar-refractivity contribution in [1.29, 1.82) is 0 Å². The molecule has 2 N–H and O–H groups in total. The van der Waals surface area contributed by atoms with Gasteiger partial charge in [0.05, 0.1) is 13.3 Å². The minimum absolute atomic E-state index is 0.0931. The SMILES string of the molecule is COc1cc(-c2nc3cnccn3c2Nc2ccc(C)cc2C)ccc1O. The first-order valence-electron chi connectivity index (χ1n) is 8.60. The van der Waals surface area contributed by atoms with Gasteiger partial charge in [-0.25, -0.2) is 4.98 Å². The summed E-state index contributed by atoms with van der Waals surface area (Å²) in [5, 5.41) is 13.4. The Hall–Kier alpha value is -3.54. The predicted molar refractivity (Wildman–Crippen MR) is 106 cm³/mol. The largest absolute Gasteiger partial charge is 0.504 e. The Morgan fingerprint density at radius 1 is 1.11 bits per heavy atom. The van der Waals surface area contributed by atoms with Crippen LogP contribution in [0.1, 0.15) is 11.1 Å². The van der Waals surface area contributed by atoms with Crippen LogP contribution in [0.5, 0.6) is 11.5 Å². The van der Waals surface area contributed by atoms with Gasteiger partial charge in [-0.05, 0) is 43.7 Å². The van der Waals surface area contributed by atoms with E-state index in [9.17, 15) is 5.11 Å². The molecule has 0 saturated carbocycles. The van der Waals surface area contributed by atoms with Crippen molar-refractivity contribution in [2.75, 3.05) is 12.4 Å². The van der Waals surface area contributed by atoms with Crippen molar-refractivity contribution >= 4 is 17.2 Å². The number of phenols is 1. The van der Waals surface area contributed by atoms with Gasteiger partial charge in [-0.3, -0.25) is 9.38 Å². The van der Waals surface area contributed by atoms with Gasteiger partial charge in [-0.1, -0.05) is 17.7 Å². The molecule has 27 heavy (non-hydrogen) atoms. The maximum atomic E-state index is 9.91. The summed E-state index contributed by atoms with van der Waals surface area (Å²) in [5.74, 6) is 1.32. The summed E-state index contributed by atoms with van der Waals surface area (Å²) in [4.78, 5) is 8.90. The van der Waals surface area contributed by atoms with E-state index in [1.165, 1.54) is 12.7 Å². The van der Waals surface area contributed by atoms with Gasteiger partial charge < -0.3 is 15.2 Å². The molecule has 2 aromatic carbocycles. The number of aryl methyl sites for hydroxylation is 2. The molecule has 0 radical (unpaired) electrons. The third-order valence-corrected chi connectivity index (χ3v) is 4.52. The molecular weight excluding hydrogens is 340 g/mol. The third kappa shape index (κ3) is 3.06. The fraction of sp³-hybridized carbons (Fsp3) is 0.143. The van der Waals surface area contributed by atoms with Crippen molar-refractivity contribution in [3.63, 3.8) is 0 Å². The molecule has 0 amide bonds. The van der Waals surface area contributed by atoms with E-state index >= 15 is 0 Å². The van der Waals surface area contributed by atoms with Gasteiger partial charge in [0.15, 0.2) is 17.1 Å². The molecule has 0 aliphatic heterocycles. The second-order valence-corrected chi connectivity index (χ2v) is 6.44. The average molecular weight is 360 g/mol. The van der Waals surface area contributed by atoms with Gasteiger partial charge >= 0.3 is 0 Å². The van der Waals surface area contributed by atoms with Crippen molar-refractivity contribution < 1.29 is 9.84 Å². The first-order valence-corrected chi connectivity index (χ1v) is 8.60. The van der Waals surface area contributed by atoms with Crippen LogP contribution in [0.25, 0.3) is 16.9 Å². The second kappa shape index (κ2) is 6.64. The molecule has 0 fully saturated rings. The highest BCUT2D eigenvalue weighted by Crippen LogP contribution is 2.36. The van der Waals surface area contributed by atoms with Crippen LogP contribution in [-0.4, -0.2) is 26.6 Å². The molecule has 6 heteroatoms. The van der Waals surface area contributed by atoms with E-state index in [1.54, 1.807) is 24.5 Å². The van der Waals surface area contributed by atoms with Crippen LogP contribution in [0.4, 0.5) is 11.5 Å². The lowest BCUT2D eigenvalue weighted by Gasteiger charge is -2.12. The maximum Gasteiger partial charge on any atom is 0.161 e. The predicted octanol–water partition coefficient (Wildman–Crippen LogP) is 4.47. The number of anilines is 2. The standard InChI is InChI=1S/C21H20N4O2/c1-13-4-6-16(14(2)10-13)23-21-20(24-19-12-22-8-9-25(19)21)15-5-7-17(26)18(11-15)27-3/h4-12,23,26H,1-3H3. The van der Waals surface area contributed by atoms with E-state index in [0.29, 0.717) is 5.75 Å². The normalized spacial score (nSPS) is 10.9. The molecule has 0 spiro atoms. The smallest absolute Gasteiger partial charge is 0.161 e. The van der Waals surface area contributed by atoms with E-state index in [2.05, 4.69) is 42.3 Å². The third-order valence-electron chi connectivity index (χ3n) is 4.52. The summed E-state index contributed by atoms with van der Waals surface area (Å²) in [7, 11) is 1.53. The Labute approximate surface area is 157 Å². The molecule has 0 saturated heterocycles. The Balaban J connectivity index is 1.89. The van der Waals surface area contributed by atoms with E-state index in [4.69, 9.17) is 9.72 Å². The highest BCUT2D eigenvalue weighted by Gasteiger charge is 2.17. The van der Waals surface area contributed by atoms with Crippen LogP contribution in [0.3, 0.4) is 0 Å². The Morgan fingerprint density at radius 2 is 1.96 bits per heavy atom. The van der Waals surface area contributed by atoms with Crippen LogP contribution in [0, 0.1) is 13.8 Å². The molecule has 6 nitrogen and oxygen atoms in total. The molecule has 0 aliphatic carbocycles. The van der Waals surface area contributed by atoms with E-state index < -0.39 is 0 Å². The monoisotopic (exact) mass is 360 g/mol. The van der Waals surface area contributed by atoms with Crippen molar-refractivity contribution in [2.24, 2.45) is 0 Å². The van der Waals surface area contributed by atoms with Gasteiger partial charge in [-0.15, -0.1) is 0 Å². The van der Waals surface area contributed by atoms with Gasteiger partial charge in [0.25, 0.3) is 0 Å². The number of nitrogens with zero attached hydrogens (tertiary/aromatic N) is 3. The number of fused-ring (bicyclic) bond motifs is 1. The Morgan fingerprint density at radius 3 is 2.74 bits per heavy atom. The van der Waals surface area contributed by atoms with Gasteiger partial charge in [0.1, 0.15) is 11.5 Å². The molecule has 0 bridgehead atoms. The minimum atomic E-state index is 0.0931. The topological polar surface area (TPSA) is 71.7 Å².